The van der Waals surface area contributed by atoms with Gasteiger partial charge >= 0.3 is 0 Å². The molecule has 1 fully saturated rings. The third-order valence-electron chi connectivity index (χ3n) is 5.13. The van der Waals surface area contributed by atoms with E-state index in [9.17, 15) is 4.79 Å². The standard InChI is InChI=1S/C21H23N3O2S/c1-26-17-7-4-15(5-8-17)19(24-10-2-3-11-24)13-22-21(25)16-6-9-18-20(12-16)27-14-23-18/h4-9,12,14,19H,2-3,10-11,13H2,1H3,(H,22,25). The van der Waals surface area contributed by atoms with E-state index in [-0.39, 0.29) is 11.9 Å². The number of carbonyl (C=O) groups is 1. The molecule has 1 aliphatic heterocycles. The van der Waals surface area contributed by atoms with Gasteiger partial charge in [-0.3, -0.25) is 9.69 Å². The Labute approximate surface area is 163 Å². The molecule has 0 bridgehead atoms. The zero-order chi connectivity index (χ0) is 18.6. The smallest absolute Gasteiger partial charge is 0.251 e. The maximum atomic E-state index is 12.7. The van der Waals surface area contributed by atoms with Crippen LogP contribution in [0.1, 0.15) is 34.8 Å². The van der Waals surface area contributed by atoms with Crippen LogP contribution in [0.15, 0.2) is 48.0 Å². The number of rotatable bonds is 6. The summed E-state index contributed by atoms with van der Waals surface area (Å²) in [7, 11) is 1.67. The van der Waals surface area contributed by atoms with E-state index in [0.717, 1.165) is 29.1 Å². The summed E-state index contributed by atoms with van der Waals surface area (Å²) in [6.45, 7) is 2.73. The van der Waals surface area contributed by atoms with Crippen LogP contribution < -0.4 is 10.1 Å². The van der Waals surface area contributed by atoms with E-state index in [1.807, 2.05) is 30.3 Å². The first-order valence-electron chi connectivity index (χ1n) is 9.24. The lowest BCUT2D eigenvalue weighted by atomic mass is 10.0. The average molecular weight is 382 g/mol. The van der Waals surface area contributed by atoms with Crippen molar-refractivity contribution in [2.45, 2.75) is 18.9 Å². The van der Waals surface area contributed by atoms with Crippen LogP contribution in [0.2, 0.25) is 0 Å². The van der Waals surface area contributed by atoms with Crippen LogP contribution in [-0.4, -0.2) is 42.5 Å². The molecule has 0 spiro atoms. The highest BCUT2D eigenvalue weighted by Crippen LogP contribution is 2.26. The molecule has 1 aromatic heterocycles. The number of aromatic nitrogens is 1. The van der Waals surface area contributed by atoms with Crippen molar-refractivity contribution in [2.75, 3.05) is 26.7 Å². The molecule has 6 heteroatoms. The fourth-order valence-corrected chi connectivity index (χ4v) is 4.34. The Morgan fingerprint density at radius 2 is 2.00 bits per heavy atom. The van der Waals surface area contributed by atoms with Crippen LogP contribution in [0.4, 0.5) is 0 Å². The molecule has 2 aromatic carbocycles. The SMILES string of the molecule is COc1ccc(C(CNC(=O)c2ccc3ncsc3c2)N2CCCC2)cc1. The van der Waals surface area contributed by atoms with E-state index >= 15 is 0 Å². The monoisotopic (exact) mass is 381 g/mol. The third-order valence-corrected chi connectivity index (χ3v) is 5.92. The summed E-state index contributed by atoms with van der Waals surface area (Å²) in [6.07, 6.45) is 2.42. The van der Waals surface area contributed by atoms with Crippen LogP contribution >= 0.6 is 11.3 Å². The van der Waals surface area contributed by atoms with Gasteiger partial charge in [-0.05, 0) is 61.8 Å². The van der Waals surface area contributed by atoms with Gasteiger partial charge in [-0.1, -0.05) is 12.1 Å². The number of methoxy groups -OCH3 is 1. The highest BCUT2D eigenvalue weighted by molar-refractivity contribution is 7.16. The predicted octanol–water partition coefficient (Wildman–Crippen LogP) is 3.87. The summed E-state index contributed by atoms with van der Waals surface area (Å²) >= 11 is 1.55. The van der Waals surface area contributed by atoms with Crippen LogP contribution in [0.25, 0.3) is 10.2 Å². The fraction of sp³-hybridized carbons (Fsp3) is 0.333. The highest BCUT2D eigenvalue weighted by Gasteiger charge is 2.24. The molecule has 0 radical (unpaired) electrons. The molecule has 2 heterocycles. The number of nitrogens with one attached hydrogen (secondary N) is 1. The van der Waals surface area contributed by atoms with Crippen molar-refractivity contribution in [1.82, 2.24) is 15.2 Å². The zero-order valence-corrected chi connectivity index (χ0v) is 16.2. The average Bonchev–Trinajstić information content (AvgIpc) is 3.40. The Kier molecular flexibility index (Phi) is 5.36. The number of hydrogen-bond acceptors (Lipinski definition) is 5. The molecule has 4 rings (SSSR count). The van der Waals surface area contributed by atoms with Crippen molar-refractivity contribution < 1.29 is 9.53 Å². The maximum Gasteiger partial charge on any atom is 0.251 e. The van der Waals surface area contributed by atoms with Gasteiger partial charge in [-0.25, -0.2) is 4.98 Å². The predicted molar refractivity (Wildman–Crippen MR) is 108 cm³/mol. The Hall–Kier alpha value is -2.44. The molecule has 1 saturated heterocycles. The minimum Gasteiger partial charge on any atom is -0.497 e. The van der Waals surface area contributed by atoms with Gasteiger partial charge < -0.3 is 10.1 Å². The highest BCUT2D eigenvalue weighted by atomic mass is 32.1. The second-order valence-corrected chi connectivity index (χ2v) is 7.66. The number of amides is 1. The molecule has 1 N–H and O–H groups in total. The topological polar surface area (TPSA) is 54.5 Å². The van der Waals surface area contributed by atoms with Crippen LogP contribution in [-0.2, 0) is 0 Å². The first-order chi connectivity index (χ1) is 13.2. The molecule has 27 heavy (non-hydrogen) atoms. The number of carbonyl (C=O) groups excluding carboxylic acids is 1. The molecule has 5 nitrogen and oxygen atoms in total. The van der Waals surface area contributed by atoms with Gasteiger partial charge in [-0.15, -0.1) is 11.3 Å². The minimum atomic E-state index is -0.0389. The van der Waals surface area contributed by atoms with Gasteiger partial charge in [0.15, 0.2) is 0 Å². The van der Waals surface area contributed by atoms with Crippen LogP contribution in [0, 0.1) is 0 Å². The van der Waals surface area contributed by atoms with E-state index < -0.39 is 0 Å². The van der Waals surface area contributed by atoms with Crippen molar-refractivity contribution in [3.63, 3.8) is 0 Å². The minimum absolute atomic E-state index is 0.0389. The lowest BCUT2D eigenvalue weighted by Gasteiger charge is -2.28. The Bertz CT molecular complexity index is 917. The van der Waals surface area contributed by atoms with Gasteiger partial charge in [0.1, 0.15) is 5.75 Å². The Balaban J connectivity index is 1.49. The van der Waals surface area contributed by atoms with Crippen molar-refractivity contribution in [1.29, 1.82) is 0 Å². The normalized spacial score (nSPS) is 15.7. The van der Waals surface area contributed by atoms with Gasteiger partial charge in [0.05, 0.1) is 28.9 Å². The largest absolute Gasteiger partial charge is 0.497 e. The van der Waals surface area contributed by atoms with Crippen LogP contribution in [0.5, 0.6) is 5.75 Å². The van der Waals surface area contributed by atoms with Crippen molar-refractivity contribution in [3.8, 4) is 5.75 Å². The Morgan fingerprint density at radius 3 is 2.74 bits per heavy atom. The quantitative estimate of drug-likeness (QED) is 0.704. The van der Waals surface area contributed by atoms with Gasteiger partial charge in [0.2, 0.25) is 0 Å². The first-order valence-corrected chi connectivity index (χ1v) is 10.1. The molecular formula is C21H23N3O2S. The molecule has 1 atom stereocenters. The summed E-state index contributed by atoms with van der Waals surface area (Å²) in [5, 5.41) is 3.13. The fourth-order valence-electron chi connectivity index (χ4n) is 3.62. The van der Waals surface area contributed by atoms with Gasteiger partial charge in [0, 0.05) is 12.1 Å². The van der Waals surface area contributed by atoms with Gasteiger partial charge in [0.25, 0.3) is 5.91 Å². The summed E-state index contributed by atoms with van der Waals surface area (Å²) in [5.74, 6) is 0.809. The van der Waals surface area contributed by atoms with E-state index in [0.29, 0.717) is 12.1 Å². The van der Waals surface area contributed by atoms with Crippen molar-refractivity contribution in [2.24, 2.45) is 0 Å². The van der Waals surface area contributed by atoms with E-state index in [1.54, 1.807) is 24.0 Å². The Morgan fingerprint density at radius 1 is 1.22 bits per heavy atom. The van der Waals surface area contributed by atoms with Crippen molar-refractivity contribution in [3.05, 3.63) is 59.1 Å². The molecule has 1 aliphatic rings. The zero-order valence-electron chi connectivity index (χ0n) is 15.4. The second kappa shape index (κ2) is 8.06. The summed E-state index contributed by atoms with van der Waals surface area (Å²) in [6, 6.07) is 14.0. The number of benzene rings is 2. The number of thiazole rings is 1. The molecular weight excluding hydrogens is 358 g/mol. The van der Waals surface area contributed by atoms with E-state index in [4.69, 9.17) is 4.74 Å². The lowest BCUT2D eigenvalue weighted by molar-refractivity contribution is 0.0938. The molecule has 1 amide bonds. The van der Waals surface area contributed by atoms with Crippen molar-refractivity contribution >= 4 is 27.5 Å². The van der Waals surface area contributed by atoms with E-state index in [1.165, 1.54) is 18.4 Å². The second-order valence-electron chi connectivity index (χ2n) is 6.78. The summed E-state index contributed by atoms with van der Waals surface area (Å²) in [5.41, 5.74) is 4.63. The van der Waals surface area contributed by atoms with E-state index in [2.05, 4.69) is 27.3 Å². The number of likely N-dealkylation sites (tertiary alicyclic amines) is 1. The molecule has 140 valence electrons. The van der Waals surface area contributed by atoms with Gasteiger partial charge in [-0.2, -0.15) is 0 Å². The van der Waals surface area contributed by atoms with Crippen LogP contribution in [0.3, 0.4) is 0 Å². The summed E-state index contributed by atoms with van der Waals surface area (Å²) < 4.78 is 6.31. The molecule has 3 aromatic rings. The number of ether oxygens (including phenoxy) is 1. The lowest BCUT2D eigenvalue weighted by Crippen LogP contribution is -2.36. The molecule has 0 saturated carbocycles. The summed E-state index contributed by atoms with van der Waals surface area (Å²) in [4.78, 5) is 19.4. The number of hydrogen-bond donors (Lipinski definition) is 1. The first kappa shape index (κ1) is 17.9. The number of nitrogens with zero attached hydrogens (tertiary/aromatic N) is 2. The maximum absolute atomic E-state index is 12.7. The third kappa shape index (κ3) is 3.96. The number of fused-ring (bicyclic) bond motifs is 1. The molecule has 0 aliphatic carbocycles. The molecule has 1 unspecified atom stereocenters.